The third kappa shape index (κ3) is 7.08. The highest BCUT2D eigenvalue weighted by Gasteiger charge is 2.19. The second-order valence-electron chi connectivity index (χ2n) is 8.47. The maximum absolute atomic E-state index is 12.8. The Hall–Kier alpha value is -2.89. The van der Waals surface area contributed by atoms with Crippen LogP contribution in [0.5, 0.6) is 0 Å². The van der Waals surface area contributed by atoms with Crippen molar-refractivity contribution >= 4 is 17.6 Å². The second kappa shape index (κ2) is 12.2. The summed E-state index contributed by atoms with van der Waals surface area (Å²) < 4.78 is 5.52. The van der Waals surface area contributed by atoms with Gasteiger partial charge in [-0.2, -0.15) is 0 Å². The van der Waals surface area contributed by atoms with E-state index in [9.17, 15) is 9.59 Å². The number of ether oxygens (including phenoxy) is 1. The van der Waals surface area contributed by atoms with Crippen LogP contribution < -0.4 is 0 Å². The average Bonchev–Trinajstić information content (AvgIpc) is 2.77. The van der Waals surface area contributed by atoms with E-state index < -0.39 is 0 Å². The summed E-state index contributed by atoms with van der Waals surface area (Å²) in [5.41, 5.74) is 4.08. The number of carbonyl (C=O) groups is 2. The molecule has 2 aliphatic heterocycles. The predicted molar refractivity (Wildman–Crippen MR) is 126 cm³/mol. The lowest BCUT2D eigenvalue weighted by Crippen LogP contribution is -2.37. The van der Waals surface area contributed by atoms with Crippen molar-refractivity contribution in [2.75, 3.05) is 26.3 Å². The maximum atomic E-state index is 12.8. The van der Waals surface area contributed by atoms with E-state index in [1.807, 2.05) is 43.0 Å². The van der Waals surface area contributed by atoms with Crippen molar-refractivity contribution in [3.63, 3.8) is 0 Å². The number of esters is 1. The quantitative estimate of drug-likeness (QED) is 0.390. The molecule has 32 heavy (non-hydrogen) atoms. The number of benzene rings is 1. The minimum Gasteiger partial charge on any atom is -0.462 e. The molecule has 2 aliphatic rings. The molecule has 0 N–H and O–H groups in total. The van der Waals surface area contributed by atoms with Crippen LogP contribution >= 0.6 is 0 Å². The number of piperidine rings is 1. The average molecular weight is 439 g/mol. The van der Waals surface area contributed by atoms with Crippen LogP contribution in [-0.2, 0) is 20.8 Å². The highest BCUT2D eigenvalue weighted by molar-refractivity contribution is 6.00. The van der Waals surface area contributed by atoms with Crippen LogP contribution in [0.1, 0.15) is 65.6 Å². The van der Waals surface area contributed by atoms with Gasteiger partial charge in [0.2, 0.25) is 0 Å². The summed E-state index contributed by atoms with van der Waals surface area (Å²) in [5.74, 6) is -0.341. The smallest absolute Gasteiger partial charge is 0.338 e. The number of hydrogen-bond donors (Lipinski definition) is 0. The fourth-order valence-electron chi connectivity index (χ4n) is 4.15. The summed E-state index contributed by atoms with van der Waals surface area (Å²) in [6, 6.07) is 3.99. The molecule has 3 rings (SSSR count). The molecule has 0 spiro atoms. The van der Waals surface area contributed by atoms with E-state index in [4.69, 9.17) is 9.57 Å². The zero-order valence-corrected chi connectivity index (χ0v) is 19.3. The molecular weight excluding hydrogens is 404 g/mol. The van der Waals surface area contributed by atoms with E-state index >= 15 is 0 Å². The lowest BCUT2D eigenvalue weighted by molar-refractivity contribution is -0.137. The first-order valence-electron chi connectivity index (χ1n) is 11.6. The number of aryl methyl sites for hydroxylation is 2. The van der Waals surface area contributed by atoms with Gasteiger partial charge in [-0.25, -0.2) is 4.79 Å². The van der Waals surface area contributed by atoms with Gasteiger partial charge >= 0.3 is 5.97 Å². The van der Waals surface area contributed by atoms with Crippen LogP contribution in [0, 0.1) is 13.8 Å². The molecule has 0 atom stereocenters. The lowest BCUT2D eigenvalue weighted by Gasteiger charge is -2.26. The van der Waals surface area contributed by atoms with E-state index in [1.165, 1.54) is 6.42 Å². The van der Waals surface area contributed by atoms with Gasteiger partial charge in [-0.05, 0) is 69.6 Å². The predicted octanol–water partition coefficient (Wildman–Crippen LogP) is 4.68. The molecule has 1 fully saturated rings. The number of oxime groups is 1. The van der Waals surface area contributed by atoms with E-state index in [-0.39, 0.29) is 18.5 Å². The van der Waals surface area contributed by atoms with Gasteiger partial charge in [0.1, 0.15) is 0 Å². The van der Waals surface area contributed by atoms with Crippen LogP contribution in [0.4, 0.5) is 0 Å². The highest BCUT2D eigenvalue weighted by Crippen LogP contribution is 2.20. The molecular formula is C26H34N2O4. The molecule has 0 unspecified atom stereocenters. The van der Waals surface area contributed by atoms with Crippen molar-refractivity contribution in [3.05, 3.63) is 58.7 Å². The number of likely N-dealkylation sites (tertiary alicyclic amines) is 1. The molecule has 0 radical (unpaired) electrons. The summed E-state index contributed by atoms with van der Waals surface area (Å²) in [5, 5.41) is 4.28. The number of hydrogen-bond acceptors (Lipinski definition) is 5. The highest BCUT2D eigenvalue weighted by atomic mass is 16.6. The first kappa shape index (κ1) is 23.8. The molecule has 2 heterocycles. The zero-order valence-electron chi connectivity index (χ0n) is 19.3. The largest absolute Gasteiger partial charge is 0.462 e. The number of nitrogens with zero attached hydrogens (tertiary/aromatic N) is 2. The van der Waals surface area contributed by atoms with Crippen LogP contribution in [-0.4, -0.2) is 48.8 Å². The topological polar surface area (TPSA) is 68.2 Å². The Balaban J connectivity index is 1.80. The number of fused-ring (bicyclic) bond motifs is 1. The Morgan fingerprint density at radius 1 is 1.06 bits per heavy atom. The summed E-state index contributed by atoms with van der Waals surface area (Å²) in [4.78, 5) is 32.5. The van der Waals surface area contributed by atoms with Crippen molar-refractivity contribution in [2.45, 2.75) is 58.8 Å². The van der Waals surface area contributed by atoms with E-state index in [2.05, 4.69) is 17.3 Å². The van der Waals surface area contributed by atoms with Crippen molar-refractivity contribution in [2.24, 2.45) is 5.16 Å². The molecule has 0 bridgehead atoms. The first-order chi connectivity index (χ1) is 15.5. The molecule has 6 heteroatoms. The Morgan fingerprint density at radius 3 is 2.62 bits per heavy atom. The van der Waals surface area contributed by atoms with E-state index in [1.54, 1.807) is 0 Å². The molecule has 1 aromatic carbocycles. The summed E-state index contributed by atoms with van der Waals surface area (Å²) in [7, 11) is 0. The fourth-order valence-corrected chi connectivity index (χ4v) is 4.15. The Bertz CT molecular complexity index is 895. The molecule has 0 saturated carbocycles. The Kier molecular flexibility index (Phi) is 9.08. The van der Waals surface area contributed by atoms with Crippen LogP contribution in [0.25, 0.3) is 0 Å². The van der Waals surface area contributed by atoms with Gasteiger partial charge in [-0.15, -0.1) is 0 Å². The summed E-state index contributed by atoms with van der Waals surface area (Å²) in [6.07, 6.45) is 14.3. The van der Waals surface area contributed by atoms with Crippen molar-refractivity contribution in [1.29, 1.82) is 0 Å². The van der Waals surface area contributed by atoms with Crippen LogP contribution in [0.2, 0.25) is 0 Å². The SMILES string of the molecule is Cc1cc(C)c2c(c1)CC(=N\OCC(=O)N1CCCCC1)/C=C/CC/C=C/CCOC2=O. The zero-order chi connectivity index (χ0) is 22.8. The van der Waals surface area contributed by atoms with Gasteiger partial charge in [0.05, 0.1) is 17.9 Å². The van der Waals surface area contributed by atoms with E-state index in [0.717, 1.165) is 55.5 Å². The summed E-state index contributed by atoms with van der Waals surface area (Å²) >= 11 is 0. The minimum atomic E-state index is -0.313. The lowest BCUT2D eigenvalue weighted by atomic mass is 9.95. The Labute approximate surface area is 190 Å². The molecule has 0 aliphatic carbocycles. The van der Waals surface area contributed by atoms with Crippen LogP contribution in [0.15, 0.2) is 41.6 Å². The molecule has 6 nitrogen and oxygen atoms in total. The maximum Gasteiger partial charge on any atom is 0.338 e. The monoisotopic (exact) mass is 438 g/mol. The number of rotatable bonds is 3. The van der Waals surface area contributed by atoms with E-state index in [0.29, 0.717) is 30.7 Å². The number of allylic oxidation sites excluding steroid dienone is 3. The van der Waals surface area contributed by atoms with Gasteiger partial charge in [0.15, 0.2) is 6.61 Å². The number of amides is 1. The fraction of sp³-hybridized carbons (Fsp3) is 0.500. The molecule has 172 valence electrons. The van der Waals surface area contributed by atoms with Crippen LogP contribution in [0.3, 0.4) is 0 Å². The number of cyclic esters (lactones) is 1. The molecule has 1 amide bonds. The Morgan fingerprint density at radius 2 is 1.81 bits per heavy atom. The van der Waals surface area contributed by atoms with Gasteiger partial charge in [0.25, 0.3) is 5.91 Å². The third-order valence-corrected chi connectivity index (χ3v) is 5.71. The molecule has 1 aromatic rings. The first-order valence-corrected chi connectivity index (χ1v) is 11.6. The van der Waals surface area contributed by atoms with Gasteiger partial charge in [-0.3, -0.25) is 4.79 Å². The van der Waals surface area contributed by atoms with Crippen molar-refractivity contribution < 1.29 is 19.2 Å². The second-order valence-corrected chi connectivity index (χ2v) is 8.47. The molecule has 0 aromatic heterocycles. The van der Waals surface area contributed by atoms with Crippen molar-refractivity contribution in [1.82, 2.24) is 4.90 Å². The number of carbonyl (C=O) groups excluding carboxylic acids is 2. The minimum absolute atomic E-state index is 0.0280. The molecule has 1 saturated heterocycles. The van der Waals surface area contributed by atoms with Crippen molar-refractivity contribution in [3.8, 4) is 0 Å². The van der Waals surface area contributed by atoms with Gasteiger partial charge in [-0.1, -0.05) is 41.1 Å². The summed E-state index contributed by atoms with van der Waals surface area (Å²) in [6.45, 7) is 5.81. The standard InChI is InChI=1S/C26H34N2O4/c1-20-16-21(2)25-22(17-20)18-23(12-8-5-3-4-6-11-15-31-26(25)30)27-32-19-24(29)28-13-9-7-10-14-28/h4,6,8,12,16-17H,3,5,7,9-11,13-15,18-19H2,1-2H3/b6-4+,12-8+,27-23-. The van der Waals surface area contributed by atoms with Gasteiger partial charge < -0.3 is 14.5 Å². The third-order valence-electron chi connectivity index (χ3n) is 5.71. The van der Waals surface area contributed by atoms with Gasteiger partial charge in [0, 0.05) is 19.5 Å². The normalized spacial score (nSPS) is 21.2.